The highest BCUT2D eigenvalue weighted by Crippen LogP contribution is 2.21. The van der Waals surface area contributed by atoms with Gasteiger partial charge in [-0.3, -0.25) is 4.79 Å². The molecule has 2 unspecified atom stereocenters. The third-order valence-corrected chi connectivity index (χ3v) is 6.72. The van der Waals surface area contributed by atoms with Crippen molar-refractivity contribution in [1.82, 2.24) is 0 Å². The minimum absolute atomic E-state index is 0.0287. The summed E-state index contributed by atoms with van der Waals surface area (Å²) in [7, 11) is -2.08. The Morgan fingerprint density at radius 1 is 1.17 bits per heavy atom. The van der Waals surface area contributed by atoms with Gasteiger partial charge in [-0.1, -0.05) is 42.1 Å². The number of hydrogen-bond donors (Lipinski definition) is 1. The molecule has 2 atom stereocenters. The number of nitrogens with zero attached hydrogens (tertiary/aromatic N) is 1. The largest absolute Gasteiger partial charge is 0.497 e. The van der Waals surface area contributed by atoms with Gasteiger partial charge in [-0.15, -0.1) is 0 Å². The number of carbonyl (C=O) groups is 1. The number of benzene rings is 2. The number of thioether (sulfide) groups is 1. The molecular weight excluding hydrogens is 428 g/mol. The molecule has 0 fully saturated rings. The highest BCUT2D eigenvalue weighted by molar-refractivity contribution is 8.14. The van der Waals surface area contributed by atoms with E-state index in [2.05, 4.69) is 4.99 Å². The molecule has 0 spiro atoms. The van der Waals surface area contributed by atoms with Gasteiger partial charge in [-0.25, -0.2) is 13.2 Å². The van der Waals surface area contributed by atoms with Crippen molar-refractivity contribution in [3.8, 4) is 5.75 Å². The second kappa shape index (κ2) is 11.6. The summed E-state index contributed by atoms with van der Waals surface area (Å²) >= 11 is 0.681. The van der Waals surface area contributed by atoms with E-state index in [-0.39, 0.29) is 23.7 Å². The summed E-state index contributed by atoms with van der Waals surface area (Å²) in [5.41, 5.74) is 6.71. The van der Waals surface area contributed by atoms with Crippen molar-refractivity contribution in [2.24, 2.45) is 10.7 Å². The van der Waals surface area contributed by atoms with Crippen molar-refractivity contribution in [2.75, 3.05) is 12.9 Å². The predicted molar refractivity (Wildman–Crippen MR) is 113 cm³/mol. The maximum atomic E-state index is 12.4. The molecule has 0 bridgehead atoms. The summed E-state index contributed by atoms with van der Waals surface area (Å²) < 4.78 is 35.3. The molecule has 30 heavy (non-hydrogen) atoms. The number of carbonyl (C=O) groups excluding carboxylic acids is 2. The van der Waals surface area contributed by atoms with Crippen LogP contribution >= 0.6 is 11.8 Å². The minimum atomic E-state index is -3.57. The molecular formula is C20H22N2O6S2. The fraction of sp³-hybridized carbons (Fsp3) is 0.300. The molecule has 0 saturated carbocycles. The molecule has 2 aromatic rings. The second-order valence-corrected chi connectivity index (χ2v) is 9.48. The molecule has 0 aromatic heterocycles. The Bertz CT molecular complexity index is 974. The molecule has 2 N–H and O–H groups in total. The summed E-state index contributed by atoms with van der Waals surface area (Å²) in [5, 5.41) is -1.40. The van der Waals surface area contributed by atoms with Crippen molar-refractivity contribution in [3.63, 3.8) is 0 Å². The average molecular weight is 451 g/mol. The smallest absolute Gasteiger partial charge is 0.242 e. The molecule has 2 aromatic carbocycles. The number of rotatable bonds is 11. The van der Waals surface area contributed by atoms with E-state index in [4.69, 9.17) is 15.2 Å². The quantitative estimate of drug-likeness (QED) is 0.314. The van der Waals surface area contributed by atoms with E-state index in [9.17, 15) is 18.0 Å². The van der Waals surface area contributed by atoms with Gasteiger partial charge in [0.2, 0.25) is 17.4 Å². The fourth-order valence-electron chi connectivity index (χ4n) is 2.39. The van der Waals surface area contributed by atoms with Gasteiger partial charge < -0.3 is 15.2 Å². The lowest BCUT2D eigenvalue weighted by Crippen LogP contribution is -2.27. The molecule has 0 aliphatic rings. The maximum absolute atomic E-state index is 12.4. The van der Waals surface area contributed by atoms with Crippen LogP contribution in [-0.2, 0) is 30.8 Å². The van der Waals surface area contributed by atoms with Gasteiger partial charge in [-0.05, 0) is 36.2 Å². The van der Waals surface area contributed by atoms with Crippen molar-refractivity contribution >= 4 is 32.8 Å². The molecule has 0 amide bonds. The number of aliphatic imine (C=N–C) groups is 1. The zero-order valence-corrected chi connectivity index (χ0v) is 17.9. The third kappa shape index (κ3) is 7.40. The SMILES string of the molecule is COc1ccc(S(=O)(=O)CCC(N)SC(=O)C(N=C=O)OCc2ccccc2)cc1. The average Bonchev–Trinajstić information content (AvgIpc) is 2.76. The Morgan fingerprint density at radius 2 is 1.83 bits per heavy atom. The first-order valence-corrected chi connectivity index (χ1v) is 11.4. The lowest BCUT2D eigenvalue weighted by Gasteiger charge is -2.14. The summed E-state index contributed by atoms with van der Waals surface area (Å²) in [6.45, 7) is 0.0735. The zero-order chi connectivity index (χ0) is 22.0. The Labute approximate surface area is 179 Å². The Balaban J connectivity index is 1.90. The normalized spacial score (nSPS) is 13.1. The molecule has 0 aliphatic carbocycles. The number of methoxy groups -OCH3 is 1. The van der Waals surface area contributed by atoms with E-state index < -0.39 is 26.6 Å². The Hall–Kier alpha value is -2.49. The second-order valence-electron chi connectivity index (χ2n) is 6.13. The van der Waals surface area contributed by atoms with Gasteiger partial charge >= 0.3 is 0 Å². The van der Waals surface area contributed by atoms with E-state index in [1.54, 1.807) is 24.3 Å². The first-order chi connectivity index (χ1) is 14.4. The van der Waals surface area contributed by atoms with Crippen LogP contribution in [0.4, 0.5) is 0 Å². The summed E-state index contributed by atoms with van der Waals surface area (Å²) in [6, 6.07) is 15.1. The van der Waals surface area contributed by atoms with E-state index in [1.807, 2.05) is 18.2 Å². The van der Waals surface area contributed by atoms with E-state index >= 15 is 0 Å². The number of nitrogens with two attached hydrogens (primary N) is 1. The van der Waals surface area contributed by atoms with Crippen LogP contribution < -0.4 is 10.5 Å². The van der Waals surface area contributed by atoms with Crippen molar-refractivity contribution in [1.29, 1.82) is 0 Å². The number of hydrogen-bond acceptors (Lipinski definition) is 9. The van der Waals surface area contributed by atoms with Crippen LogP contribution in [0.5, 0.6) is 5.75 Å². The number of ether oxygens (including phenoxy) is 2. The van der Waals surface area contributed by atoms with Crippen LogP contribution in [0.25, 0.3) is 0 Å². The van der Waals surface area contributed by atoms with Gasteiger partial charge in [-0.2, -0.15) is 4.99 Å². The number of sulfone groups is 1. The maximum Gasteiger partial charge on any atom is 0.242 e. The highest BCUT2D eigenvalue weighted by atomic mass is 32.2. The molecule has 0 heterocycles. The molecule has 0 saturated heterocycles. The molecule has 2 rings (SSSR count). The van der Waals surface area contributed by atoms with Crippen LogP contribution in [0.2, 0.25) is 0 Å². The van der Waals surface area contributed by atoms with Gasteiger partial charge in [0, 0.05) is 0 Å². The molecule has 10 heteroatoms. The lowest BCUT2D eigenvalue weighted by molar-refractivity contribution is -0.121. The van der Waals surface area contributed by atoms with Crippen LogP contribution in [-0.4, -0.2) is 44.1 Å². The van der Waals surface area contributed by atoms with Crippen LogP contribution in [0.3, 0.4) is 0 Å². The standard InChI is InChI=1S/C20H22N2O6S2/c1-27-16-7-9-17(10-8-16)30(25,26)12-11-18(21)29-20(24)19(22-14-23)28-13-15-5-3-2-4-6-15/h2-10,18-19H,11-13,21H2,1H3. The van der Waals surface area contributed by atoms with Crippen LogP contribution in [0.15, 0.2) is 64.5 Å². The van der Waals surface area contributed by atoms with Crippen LogP contribution in [0.1, 0.15) is 12.0 Å². The van der Waals surface area contributed by atoms with Gasteiger partial charge in [0.1, 0.15) is 5.75 Å². The summed E-state index contributed by atoms with van der Waals surface area (Å²) in [6.07, 6.45) is -0.0210. The lowest BCUT2D eigenvalue weighted by atomic mass is 10.2. The first kappa shape index (κ1) is 23.8. The fourth-order valence-corrected chi connectivity index (χ4v) is 4.66. The Kier molecular flexibility index (Phi) is 9.22. The van der Waals surface area contributed by atoms with E-state index in [0.29, 0.717) is 17.5 Å². The molecule has 0 radical (unpaired) electrons. The van der Waals surface area contributed by atoms with Crippen molar-refractivity contribution in [2.45, 2.75) is 29.5 Å². The Morgan fingerprint density at radius 3 is 2.43 bits per heavy atom. The van der Waals surface area contributed by atoms with Crippen molar-refractivity contribution in [3.05, 3.63) is 60.2 Å². The summed E-state index contributed by atoms with van der Waals surface area (Å²) in [4.78, 5) is 26.5. The first-order valence-electron chi connectivity index (χ1n) is 8.91. The van der Waals surface area contributed by atoms with E-state index in [1.165, 1.54) is 25.3 Å². The minimum Gasteiger partial charge on any atom is -0.497 e. The monoisotopic (exact) mass is 450 g/mol. The summed E-state index contributed by atoms with van der Waals surface area (Å²) in [5.74, 6) is 0.303. The van der Waals surface area contributed by atoms with Crippen molar-refractivity contribution < 1.29 is 27.5 Å². The third-order valence-electron chi connectivity index (χ3n) is 3.98. The molecule has 8 nitrogen and oxygen atoms in total. The molecule has 0 aliphatic heterocycles. The topological polar surface area (TPSA) is 125 Å². The number of isocyanates is 1. The van der Waals surface area contributed by atoms with Crippen LogP contribution in [0, 0.1) is 0 Å². The predicted octanol–water partition coefficient (Wildman–Crippen LogP) is 2.28. The zero-order valence-electron chi connectivity index (χ0n) is 16.3. The van der Waals surface area contributed by atoms with E-state index in [0.717, 1.165) is 5.56 Å². The highest BCUT2D eigenvalue weighted by Gasteiger charge is 2.24. The molecule has 160 valence electrons. The van der Waals surface area contributed by atoms with Gasteiger partial charge in [0.25, 0.3) is 0 Å². The van der Waals surface area contributed by atoms with Gasteiger partial charge in [0.15, 0.2) is 9.84 Å². The van der Waals surface area contributed by atoms with Gasteiger partial charge in [0.05, 0.1) is 29.7 Å².